The molecule has 0 saturated carbocycles. The molecule has 6 heteroatoms. The van der Waals surface area contributed by atoms with Crippen LogP contribution in [0.5, 0.6) is 0 Å². The summed E-state index contributed by atoms with van der Waals surface area (Å²) in [4.78, 5) is 10.5. The Labute approximate surface area is 92.8 Å². The highest BCUT2D eigenvalue weighted by Gasteiger charge is 2.20. The van der Waals surface area contributed by atoms with Crippen LogP contribution in [0.25, 0.3) is 0 Å². The average Bonchev–Trinajstić information content (AvgIpc) is 2.09. The molecule has 0 bridgehead atoms. The third-order valence-corrected chi connectivity index (χ3v) is 2.42. The number of carboxylic acids is 1. The molecule has 0 amide bonds. The second kappa shape index (κ2) is 4.25. The first-order chi connectivity index (χ1) is 6.43. The van der Waals surface area contributed by atoms with Gasteiger partial charge in [0.05, 0.1) is 4.47 Å². The van der Waals surface area contributed by atoms with Crippen LogP contribution in [-0.2, 0) is 4.79 Å². The fraction of sp³-hybridized carbons (Fsp3) is 0.125. The molecule has 0 heterocycles. The fourth-order valence-electron chi connectivity index (χ4n) is 0.935. The quantitative estimate of drug-likeness (QED) is 0.818. The minimum Gasteiger partial charge on any atom is -0.480 e. The van der Waals surface area contributed by atoms with Crippen molar-refractivity contribution in [3.8, 4) is 0 Å². The van der Waals surface area contributed by atoms with Gasteiger partial charge >= 0.3 is 5.97 Å². The molecule has 3 nitrogen and oxygen atoms in total. The largest absolute Gasteiger partial charge is 0.480 e. The van der Waals surface area contributed by atoms with Crippen molar-refractivity contribution in [3.63, 3.8) is 0 Å². The fourth-order valence-corrected chi connectivity index (χ4v) is 1.77. The molecule has 14 heavy (non-hydrogen) atoms. The van der Waals surface area contributed by atoms with Gasteiger partial charge in [-0.15, -0.1) is 0 Å². The Morgan fingerprint density at radius 3 is 2.71 bits per heavy atom. The van der Waals surface area contributed by atoms with Gasteiger partial charge in [0, 0.05) is 10.6 Å². The topological polar surface area (TPSA) is 63.3 Å². The lowest BCUT2D eigenvalue weighted by atomic mass is 10.1. The molecule has 0 aliphatic rings. The van der Waals surface area contributed by atoms with Gasteiger partial charge in [0.2, 0.25) is 0 Å². The maximum atomic E-state index is 13.3. The highest BCUT2D eigenvalue weighted by molar-refractivity contribution is 9.10. The molecule has 1 aromatic rings. The molecule has 0 spiro atoms. The highest BCUT2D eigenvalue weighted by Crippen LogP contribution is 2.27. The van der Waals surface area contributed by atoms with Gasteiger partial charge in [-0.1, -0.05) is 11.6 Å². The smallest absolute Gasteiger partial charge is 0.325 e. The summed E-state index contributed by atoms with van der Waals surface area (Å²) in [6.07, 6.45) is 0. The summed E-state index contributed by atoms with van der Waals surface area (Å²) in [5, 5.41) is 8.82. The van der Waals surface area contributed by atoms with E-state index in [4.69, 9.17) is 22.4 Å². The lowest BCUT2D eigenvalue weighted by Gasteiger charge is -2.09. The normalized spacial score (nSPS) is 12.6. The van der Waals surface area contributed by atoms with Crippen molar-refractivity contribution in [1.82, 2.24) is 0 Å². The zero-order valence-electron chi connectivity index (χ0n) is 6.80. The third-order valence-electron chi connectivity index (χ3n) is 1.62. The molecule has 76 valence electrons. The standard InChI is InChI=1S/C8H6BrClFNO2/c9-5-2-3(10)1-4(6(5)11)7(12)8(13)14/h1-2,7H,12H2,(H,13,14). The Morgan fingerprint density at radius 1 is 1.64 bits per heavy atom. The number of carboxylic acid groups (broad SMARTS) is 1. The van der Waals surface area contributed by atoms with E-state index < -0.39 is 17.8 Å². The van der Waals surface area contributed by atoms with Gasteiger partial charge in [-0.05, 0) is 28.1 Å². The zero-order valence-corrected chi connectivity index (χ0v) is 9.14. The van der Waals surface area contributed by atoms with Crippen LogP contribution in [0.1, 0.15) is 11.6 Å². The predicted molar refractivity (Wildman–Crippen MR) is 53.7 cm³/mol. The molecule has 0 fully saturated rings. The van der Waals surface area contributed by atoms with Gasteiger partial charge in [-0.2, -0.15) is 0 Å². The van der Waals surface area contributed by atoms with Gasteiger partial charge in [-0.25, -0.2) is 4.39 Å². The van der Waals surface area contributed by atoms with E-state index in [1.807, 2.05) is 0 Å². The summed E-state index contributed by atoms with van der Waals surface area (Å²) < 4.78 is 13.4. The van der Waals surface area contributed by atoms with E-state index in [1.165, 1.54) is 12.1 Å². The minimum atomic E-state index is -1.41. The second-order valence-electron chi connectivity index (χ2n) is 2.61. The molecule has 0 aromatic heterocycles. The van der Waals surface area contributed by atoms with Crippen LogP contribution in [0.3, 0.4) is 0 Å². The summed E-state index contributed by atoms with van der Waals surface area (Å²) in [6.45, 7) is 0. The van der Waals surface area contributed by atoms with Crippen molar-refractivity contribution in [2.24, 2.45) is 5.73 Å². The maximum Gasteiger partial charge on any atom is 0.325 e. The molecule has 0 aliphatic carbocycles. The predicted octanol–water partition coefficient (Wildman–Crippen LogP) is 2.33. The van der Waals surface area contributed by atoms with Crippen molar-refractivity contribution in [2.75, 3.05) is 0 Å². The SMILES string of the molecule is NC(C(=O)O)c1cc(Cl)cc(Br)c1F. The van der Waals surface area contributed by atoms with Crippen LogP contribution >= 0.6 is 27.5 Å². The highest BCUT2D eigenvalue weighted by atomic mass is 79.9. The first-order valence-electron chi connectivity index (χ1n) is 3.56. The molecule has 1 aromatic carbocycles. The Morgan fingerprint density at radius 2 is 2.21 bits per heavy atom. The summed E-state index contributed by atoms with van der Waals surface area (Å²) in [5.41, 5.74) is 5.12. The van der Waals surface area contributed by atoms with E-state index in [0.29, 0.717) is 0 Å². The number of rotatable bonds is 2. The van der Waals surface area contributed by atoms with Gasteiger partial charge in [0.15, 0.2) is 0 Å². The molecule has 1 atom stereocenters. The van der Waals surface area contributed by atoms with Crippen LogP contribution in [0, 0.1) is 5.82 Å². The molecular weight excluding hydrogens is 276 g/mol. The Hall–Kier alpha value is -0.650. The Bertz CT molecular complexity index is 386. The van der Waals surface area contributed by atoms with Crippen LogP contribution in [0.4, 0.5) is 4.39 Å². The van der Waals surface area contributed by atoms with E-state index in [2.05, 4.69) is 15.9 Å². The minimum absolute atomic E-state index is 0.0942. The van der Waals surface area contributed by atoms with E-state index in [1.54, 1.807) is 0 Å². The maximum absolute atomic E-state index is 13.3. The zero-order chi connectivity index (χ0) is 10.9. The molecule has 1 rings (SSSR count). The van der Waals surface area contributed by atoms with E-state index in [0.717, 1.165) is 0 Å². The molecule has 0 radical (unpaired) electrons. The van der Waals surface area contributed by atoms with Crippen molar-refractivity contribution in [3.05, 3.63) is 33.0 Å². The summed E-state index contributed by atoms with van der Waals surface area (Å²) >= 11 is 8.53. The van der Waals surface area contributed by atoms with Gasteiger partial charge in [-0.3, -0.25) is 4.79 Å². The van der Waals surface area contributed by atoms with Crippen LogP contribution < -0.4 is 5.73 Å². The van der Waals surface area contributed by atoms with E-state index in [-0.39, 0.29) is 15.1 Å². The lowest BCUT2D eigenvalue weighted by Crippen LogP contribution is -2.22. The van der Waals surface area contributed by atoms with E-state index >= 15 is 0 Å². The second-order valence-corrected chi connectivity index (χ2v) is 3.90. The van der Waals surface area contributed by atoms with Crippen molar-refractivity contribution >= 4 is 33.5 Å². The summed E-state index contributed by atoms with van der Waals surface area (Å²) in [6, 6.07) is 1.11. The first kappa shape index (κ1) is 11.4. The van der Waals surface area contributed by atoms with Crippen LogP contribution in [0.2, 0.25) is 5.02 Å². The molecule has 0 aliphatic heterocycles. The number of aliphatic carboxylic acids is 1. The van der Waals surface area contributed by atoms with Crippen LogP contribution in [-0.4, -0.2) is 11.1 Å². The number of halogens is 3. The van der Waals surface area contributed by atoms with Crippen molar-refractivity contribution < 1.29 is 14.3 Å². The number of hydrogen-bond donors (Lipinski definition) is 2. The summed E-state index contributed by atoms with van der Waals surface area (Å²) in [5.74, 6) is -2.01. The third kappa shape index (κ3) is 2.23. The number of nitrogens with two attached hydrogens (primary N) is 1. The van der Waals surface area contributed by atoms with E-state index in [9.17, 15) is 9.18 Å². The number of hydrogen-bond acceptors (Lipinski definition) is 2. The average molecular weight is 282 g/mol. The van der Waals surface area contributed by atoms with Crippen molar-refractivity contribution in [1.29, 1.82) is 0 Å². The van der Waals surface area contributed by atoms with Crippen LogP contribution in [0.15, 0.2) is 16.6 Å². The number of benzene rings is 1. The Balaban J connectivity index is 3.26. The number of carbonyl (C=O) groups is 1. The molecule has 1 unspecified atom stereocenters. The molecule has 3 N–H and O–H groups in total. The van der Waals surface area contributed by atoms with Gasteiger partial charge in [0.1, 0.15) is 11.9 Å². The first-order valence-corrected chi connectivity index (χ1v) is 4.73. The van der Waals surface area contributed by atoms with Crippen molar-refractivity contribution in [2.45, 2.75) is 6.04 Å². The molecule has 0 saturated heterocycles. The van der Waals surface area contributed by atoms with Gasteiger partial charge < -0.3 is 10.8 Å². The monoisotopic (exact) mass is 281 g/mol. The lowest BCUT2D eigenvalue weighted by molar-refractivity contribution is -0.138. The Kier molecular flexibility index (Phi) is 3.47. The summed E-state index contributed by atoms with van der Waals surface area (Å²) in [7, 11) is 0. The molecular formula is C8H6BrClFNO2. The van der Waals surface area contributed by atoms with Gasteiger partial charge in [0.25, 0.3) is 0 Å².